The van der Waals surface area contributed by atoms with Crippen LogP contribution in [0.1, 0.15) is 11.1 Å². The second-order valence-corrected chi connectivity index (χ2v) is 5.21. The number of hydrogen-bond donors (Lipinski definition) is 1. The van der Waals surface area contributed by atoms with Crippen molar-refractivity contribution in [3.8, 4) is 6.07 Å². The van der Waals surface area contributed by atoms with Crippen molar-refractivity contribution in [2.75, 3.05) is 23.0 Å². The molecule has 6 heteroatoms. The SMILES string of the molecule is Cc1ccnc(N2CCSCC2C(=O)O)c1C#N. The molecule has 0 bridgehead atoms. The van der Waals surface area contributed by atoms with E-state index >= 15 is 0 Å². The fourth-order valence-electron chi connectivity index (χ4n) is 1.96. The van der Waals surface area contributed by atoms with Gasteiger partial charge in [0, 0.05) is 24.2 Å². The van der Waals surface area contributed by atoms with E-state index in [0.717, 1.165) is 11.3 Å². The second-order valence-electron chi connectivity index (χ2n) is 4.06. The molecule has 0 spiro atoms. The minimum absolute atomic E-state index is 0.468. The van der Waals surface area contributed by atoms with Crippen molar-refractivity contribution < 1.29 is 9.90 Å². The van der Waals surface area contributed by atoms with Crippen LogP contribution in [0.2, 0.25) is 0 Å². The molecule has 1 aromatic rings. The lowest BCUT2D eigenvalue weighted by atomic mass is 10.1. The number of anilines is 1. The molecule has 94 valence electrons. The zero-order valence-corrected chi connectivity index (χ0v) is 10.8. The third kappa shape index (κ3) is 2.27. The molecule has 2 heterocycles. The van der Waals surface area contributed by atoms with Crippen molar-refractivity contribution in [2.24, 2.45) is 0 Å². The minimum Gasteiger partial charge on any atom is -0.480 e. The van der Waals surface area contributed by atoms with Gasteiger partial charge >= 0.3 is 5.97 Å². The Kier molecular flexibility index (Phi) is 3.72. The van der Waals surface area contributed by atoms with E-state index in [2.05, 4.69) is 11.1 Å². The van der Waals surface area contributed by atoms with Crippen LogP contribution in [-0.2, 0) is 4.79 Å². The van der Waals surface area contributed by atoms with Gasteiger partial charge in [0.05, 0.1) is 5.56 Å². The molecule has 0 aromatic carbocycles. The molecular formula is C12H13N3O2S. The van der Waals surface area contributed by atoms with Gasteiger partial charge in [0.15, 0.2) is 0 Å². The summed E-state index contributed by atoms with van der Waals surface area (Å²) in [5.74, 6) is 1.000. The summed E-state index contributed by atoms with van der Waals surface area (Å²) in [4.78, 5) is 17.2. The summed E-state index contributed by atoms with van der Waals surface area (Å²) in [6.45, 7) is 2.44. The number of nitrogens with zero attached hydrogens (tertiary/aromatic N) is 3. The summed E-state index contributed by atoms with van der Waals surface area (Å²) >= 11 is 1.61. The van der Waals surface area contributed by atoms with Gasteiger partial charge < -0.3 is 10.0 Å². The summed E-state index contributed by atoms with van der Waals surface area (Å²) in [6.07, 6.45) is 1.62. The van der Waals surface area contributed by atoms with E-state index in [4.69, 9.17) is 0 Å². The quantitative estimate of drug-likeness (QED) is 0.865. The molecule has 1 fully saturated rings. The van der Waals surface area contributed by atoms with Crippen molar-refractivity contribution in [3.05, 3.63) is 23.4 Å². The molecule has 1 N–H and O–H groups in total. The lowest BCUT2D eigenvalue weighted by molar-refractivity contribution is -0.138. The molecule has 1 atom stereocenters. The number of carbonyl (C=O) groups is 1. The third-order valence-electron chi connectivity index (χ3n) is 2.94. The maximum atomic E-state index is 11.3. The summed E-state index contributed by atoms with van der Waals surface area (Å²) in [6, 6.07) is 3.27. The van der Waals surface area contributed by atoms with Gasteiger partial charge in [0.1, 0.15) is 17.9 Å². The Morgan fingerprint density at radius 3 is 3.17 bits per heavy atom. The van der Waals surface area contributed by atoms with Gasteiger partial charge in [-0.25, -0.2) is 9.78 Å². The summed E-state index contributed by atoms with van der Waals surface area (Å²) in [5, 5.41) is 18.4. The van der Waals surface area contributed by atoms with Gasteiger partial charge in [0.2, 0.25) is 0 Å². The van der Waals surface area contributed by atoms with Crippen LogP contribution in [0.3, 0.4) is 0 Å². The Morgan fingerprint density at radius 1 is 1.72 bits per heavy atom. The Hall–Kier alpha value is -1.74. The number of aromatic nitrogens is 1. The highest BCUT2D eigenvalue weighted by molar-refractivity contribution is 7.99. The predicted octanol–water partition coefficient (Wildman–Crippen LogP) is 1.27. The van der Waals surface area contributed by atoms with Crippen LogP contribution < -0.4 is 4.90 Å². The number of aliphatic carboxylic acids is 1. The van der Waals surface area contributed by atoms with Crippen LogP contribution >= 0.6 is 11.8 Å². The van der Waals surface area contributed by atoms with Crippen molar-refractivity contribution >= 4 is 23.5 Å². The molecule has 5 nitrogen and oxygen atoms in total. The molecule has 0 aliphatic carbocycles. The number of thioether (sulfide) groups is 1. The van der Waals surface area contributed by atoms with Crippen LogP contribution in [0.25, 0.3) is 0 Å². The molecule has 1 unspecified atom stereocenters. The monoisotopic (exact) mass is 263 g/mol. The molecule has 0 radical (unpaired) electrons. The molecule has 1 aliphatic heterocycles. The summed E-state index contributed by atoms with van der Waals surface area (Å²) in [7, 11) is 0. The number of rotatable bonds is 2. The largest absolute Gasteiger partial charge is 0.480 e. The predicted molar refractivity (Wildman–Crippen MR) is 69.8 cm³/mol. The zero-order chi connectivity index (χ0) is 13.1. The van der Waals surface area contributed by atoms with Crippen LogP contribution in [0.5, 0.6) is 0 Å². The van der Waals surface area contributed by atoms with E-state index in [1.165, 1.54) is 0 Å². The topological polar surface area (TPSA) is 77.2 Å². The standard InChI is InChI=1S/C12H13N3O2S/c1-8-2-3-14-11(9(8)6-13)15-4-5-18-7-10(15)12(16)17/h2-3,10H,4-5,7H2,1H3,(H,16,17). The summed E-state index contributed by atoms with van der Waals surface area (Å²) in [5.41, 5.74) is 1.29. The molecule has 18 heavy (non-hydrogen) atoms. The number of hydrogen-bond acceptors (Lipinski definition) is 5. The highest BCUT2D eigenvalue weighted by atomic mass is 32.2. The first-order valence-corrected chi connectivity index (χ1v) is 6.73. The van der Waals surface area contributed by atoms with E-state index < -0.39 is 12.0 Å². The van der Waals surface area contributed by atoms with E-state index in [1.807, 2.05) is 6.92 Å². The fourth-order valence-corrected chi connectivity index (χ4v) is 3.00. The molecule has 0 saturated carbocycles. The number of carboxylic acid groups (broad SMARTS) is 1. The maximum Gasteiger partial charge on any atom is 0.327 e. The molecule has 1 aromatic heterocycles. The third-order valence-corrected chi connectivity index (χ3v) is 3.96. The Bertz CT molecular complexity index is 513. The number of carboxylic acids is 1. The van der Waals surface area contributed by atoms with Gasteiger partial charge in [-0.05, 0) is 18.6 Å². The molecule has 1 aliphatic rings. The van der Waals surface area contributed by atoms with Crippen LogP contribution in [0, 0.1) is 18.3 Å². The number of pyridine rings is 1. The van der Waals surface area contributed by atoms with Crippen molar-refractivity contribution in [1.82, 2.24) is 4.98 Å². The molecular weight excluding hydrogens is 250 g/mol. The van der Waals surface area contributed by atoms with E-state index in [1.54, 1.807) is 28.9 Å². The first-order chi connectivity index (χ1) is 8.65. The van der Waals surface area contributed by atoms with Gasteiger partial charge in [0.25, 0.3) is 0 Å². The Labute approximate surface area is 109 Å². The van der Waals surface area contributed by atoms with E-state index in [9.17, 15) is 15.2 Å². The first-order valence-electron chi connectivity index (χ1n) is 5.58. The number of nitriles is 1. The lowest BCUT2D eigenvalue weighted by Crippen LogP contribution is -2.48. The molecule has 2 rings (SSSR count). The van der Waals surface area contributed by atoms with Crippen LogP contribution in [-0.4, -0.2) is 40.2 Å². The Balaban J connectivity index is 2.43. The van der Waals surface area contributed by atoms with E-state index in [-0.39, 0.29) is 0 Å². The van der Waals surface area contributed by atoms with Gasteiger partial charge in [-0.2, -0.15) is 17.0 Å². The highest BCUT2D eigenvalue weighted by Crippen LogP contribution is 2.26. The lowest BCUT2D eigenvalue weighted by Gasteiger charge is -2.34. The zero-order valence-electron chi connectivity index (χ0n) is 9.96. The average molecular weight is 263 g/mol. The van der Waals surface area contributed by atoms with Crippen LogP contribution in [0.15, 0.2) is 12.3 Å². The molecule has 0 amide bonds. The van der Waals surface area contributed by atoms with Gasteiger partial charge in [-0.3, -0.25) is 0 Å². The van der Waals surface area contributed by atoms with Crippen molar-refractivity contribution in [2.45, 2.75) is 13.0 Å². The maximum absolute atomic E-state index is 11.3. The fraction of sp³-hybridized carbons (Fsp3) is 0.417. The highest BCUT2D eigenvalue weighted by Gasteiger charge is 2.31. The first kappa shape index (κ1) is 12.7. The normalized spacial score (nSPS) is 19.3. The van der Waals surface area contributed by atoms with Crippen molar-refractivity contribution in [1.29, 1.82) is 5.26 Å². The van der Waals surface area contributed by atoms with E-state index in [0.29, 0.717) is 23.7 Å². The second kappa shape index (κ2) is 5.27. The minimum atomic E-state index is -0.866. The summed E-state index contributed by atoms with van der Waals surface area (Å²) < 4.78 is 0. The van der Waals surface area contributed by atoms with Crippen molar-refractivity contribution in [3.63, 3.8) is 0 Å². The molecule has 1 saturated heterocycles. The van der Waals surface area contributed by atoms with Gasteiger partial charge in [-0.1, -0.05) is 0 Å². The van der Waals surface area contributed by atoms with Crippen LogP contribution in [0.4, 0.5) is 5.82 Å². The smallest absolute Gasteiger partial charge is 0.327 e. The number of aryl methyl sites for hydroxylation is 1. The average Bonchev–Trinajstić information content (AvgIpc) is 2.38. The Morgan fingerprint density at radius 2 is 2.50 bits per heavy atom. The van der Waals surface area contributed by atoms with Gasteiger partial charge in [-0.15, -0.1) is 0 Å².